The molecular formula is C26H32O10S. The average Bonchev–Trinajstić information content (AvgIpc) is 2.94. The van der Waals surface area contributed by atoms with Crippen LogP contribution in [0.3, 0.4) is 0 Å². The molecule has 3 heterocycles. The van der Waals surface area contributed by atoms with E-state index in [0.29, 0.717) is 5.75 Å². The van der Waals surface area contributed by atoms with E-state index in [9.17, 15) is 25.5 Å². The highest BCUT2D eigenvalue weighted by molar-refractivity contribution is 7.99. The number of thioether (sulfide) groups is 1. The number of ether oxygens (including phenoxy) is 5. The molecule has 2 aromatic carbocycles. The van der Waals surface area contributed by atoms with Crippen LogP contribution in [0.4, 0.5) is 0 Å². The number of fused-ring (bicyclic) bond motifs is 1. The summed E-state index contributed by atoms with van der Waals surface area (Å²) in [7, 11) is 0. The second-order valence-electron chi connectivity index (χ2n) is 9.30. The molecule has 37 heavy (non-hydrogen) atoms. The van der Waals surface area contributed by atoms with Crippen molar-refractivity contribution in [1.29, 1.82) is 0 Å². The van der Waals surface area contributed by atoms with Gasteiger partial charge in [0.2, 0.25) is 0 Å². The number of rotatable bonds is 7. The van der Waals surface area contributed by atoms with Gasteiger partial charge in [-0.2, -0.15) is 0 Å². The highest BCUT2D eigenvalue weighted by atomic mass is 32.2. The van der Waals surface area contributed by atoms with Gasteiger partial charge in [-0.25, -0.2) is 0 Å². The summed E-state index contributed by atoms with van der Waals surface area (Å²) in [6, 6.07) is 18.8. The molecule has 5 N–H and O–H groups in total. The molecular weight excluding hydrogens is 504 g/mol. The summed E-state index contributed by atoms with van der Waals surface area (Å²) in [6.07, 6.45) is -11.6. The smallest absolute Gasteiger partial charge is 0.187 e. The zero-order chi connectivity index (χ0) is 25.9. The van der Waals surface area contributed by atoms with Gasteiger partial charge in [0.15, 0.2) is 12.6 Å². The van der Waals surface area contributed by atoms with Gasteiger partial charge in [-0.1, -0.05) is 60.7 Å². The average molecular weight is 537 g/mol. The van der Waals surface area contributed by atoms with E-state index in [4.69, 9.17) is 23.7 Å². The van der Waals surface area contributed by atoms with Crippen LogP contribution in [0.25, 0.3) is 0 Å². The Hall–Kier alpha value is -1.61. The lowest BCUT2D eigenvalue weighted by Crippen LogP contribution is -2.65. The molecule has 2 aromatic rings. The molecule has 3 fully saturated rings. The van der Waals surface area contributed by atoms with Crippen LogP contribution < -0.4 is 0 Å². The maximum Gasteiger partial charge on any atom is 0.187 e. The first kappa shape index (κ1) is 27.0. The lowest BCUT2D eigenvalue weighted by Gasteiger charge is -2.48. The Labute approximate surface area is 218 Å². The standard InChI is InChI=1S/C26H32O10S/c27-11-16-22(19(29)21(31)26(34-16)37-13-14-7-3-1-4-8-14)36-25-20(30)18(28)23-17(33-25)12-32-24(35-23)15-9-5-2-6-10-15/h1-10,16-31H,11-13H2/t16-,17-,18-,19-,20-,21-,22-,23+,24?,25+,26+/m1/s1. The maximum atomic E-state index is 10.9. The molecule has 0 saturated carbocycles. The quantitative estimate of drug-likeness (QED) is 0.333. The van der Waals surface area contributed by atoms with Gasteiger partial charge in [-0.05, 0) is 5.56 Å². The Balaban J connectivity index is 1.21. The first-order valence-electron chi connectivity index (χ1n) is 12.2. The van der Waals surface area contributed by atoms with Gasteiger partial charge in [0.05, 0.1) is 13.2 Å². The molecule has 202 valence electrons. The molecule has 3 aliphatic heterocycles. The molecule has 11 atom stereocenters. The van der Waals surface area contributed by atoms with E-state index in [0.717, 1.165) is 11.1 Å². The topological polar surface area (TPSA) is 147 Å². The fourth-order valence-corrected chi connectivity index (χ4v) is 5.86. The van der Waals surface area contributed by atoms with Crippen molar-refractivity contribution in [1.82, 2.24) is 0 Å². The Morgan fingerprint density at radius 3 is 2.22 bits per heavy atom. The molecule has 3 aliphatic rings. The number of benzene rings is 2. The number of aliphatic hydroxyl groups excluding tert-OH is 5. The van der Waals surface area contributed by atoms with E-state index in [-0.39, 0.29) is 6.61 Å². The van der Waals surface area contributed by atoms with Gasteiger partial charge in [-0.3, -0.25) is 0 Å². The van der Waals surface area contributed by atoms with Crippen LogP contribution in [0.15, 0.2) is 60.7 Å². The third-order valence-electron chi connectivity index (χ3n) is 6.77. The number of aliphatic hydroxyl groups is 5. The third kappa shape index (κ3) is 5.87. The van der Waals surface area contributed by atoms with Crippen molar-refractivity contribution in [3.63, 3.8) is 0 Å². The van der Waals surface area contributed by atoms with Gasteiger partial charge in [0.1, 0.15) is 54.3 Å². The van der Waals surface area contributed by atoms with Crippen LogP contribution in [0, 0.1) is 0 Å². The summed E-state index contributed by atoms with van der Waals surface area (Å²) in [5.41, 5.74) is 0.975. The van der Waals surface area contributed by atoms with Crippen molar-refractivity contribution in [3.05, 3.63) is 71.8 Å². The predicted molar refractivity (Wildman–Crippen MR) is 131 cm³/mol. The second kappa shape index (κ2) is 12.1. The minimum absolute atomic E-state index is 0.0713. The van der Waals surface area contributed by atoms with Gasteiger partial charge in [-0.15, -0.1) is 11.8 Å². The SMILES string of the molecule is OC[C@H]1O[C@@H](SCc2ccccc2)[C@H](O)[C@@H](O)[C@@H]1O[C@@H]1O[C@@H]2COC(c3ccccc3)O[C@@H]2[C@H](O)[C@H]1O. The summed E-state index contributed by atoms with van der Waals surface area (Å²) in [4.78, 5) is 0. The summed E-state index contributed by atoms with van der Waals surface area (Å²) in [6.45, 7) is -0.429. The van der Waals surface area contributed by atoms with Gasteiger partial charge in [0.25, 0.3) is 0 Å². The van der Waals surface area contributed by atoms with Crippen LogP contribution in [0.1, 0.15) is 17.4 Å². The van der Waals surface area contributed by atoms with Crippen LogP contribution in [-0.4, -0.2) is 99.3 Å². The van der Waals surface area contributed by atoms with E-state index < -0.39 is 73.5 Å². The molecule has 5 rings (SSSR count). The predicted octanol–water partition coefficient (Wildman–Crippen LogP) is 0.305. The molecule has 1 unspecified atom stereocenters. The van der Waals surface area contributed by atoms with Gasteiger partial charge < -0.3 is 49.2 Å². The molecule has 10 nitrogen and oxygen atoms in total. The first-order valence-corrected chi connectivity index (χ1v) is 13.3. The molecule has 0 spiro atoms. The van der Waals surface area contributed by atoms with E-state index in [1.54, 1.807) is 0 Å². The summed E-state index contributed by atoms with van der Waals surface area (Å²) in [5, 5.41) is 53.1. The molecule has 0 bridgehead atoms. The van der Waals surface area contributed by atoms with Crippen molar-refractivity contribution >= 4 is 11.8 Å². The minimum Gasteiger partial charge on any atom is -0.394 e. The molecule has 11 heteroatoms. The van der Waals surface area contributed by atoms with E-state index >= 15 is 0 Å². The lowest BCUT2D eigenvalue weighted by molar-refractivity contribution is -0.377. The summed E-state index contributed by atoms with van der Waals surface area (Å²) in [5.74, 6) is 0.530. The monoisotopic (exact) mass is 536 g/mol. The Morgan fingerprint density at radius 2 is 1.51 bits per heavy atom. The van der Waals surface area contributed by atoms with E-state index in [1.165, 1.54) is 11.8 Å². The minimum atomic E-state index is -1.52. The van der Waals surface area contributed by atoms with E-state index in [2.05, 4.69) is 0 Å². The fourth-order valence-electron chi connectivity index (χ4n) is 4.74. The van der Waals surface area contributed by atoms with E-state index in [1.807, 2.05) is 60.7 Å². The zero-order valence-corrected chi connectivity index (χ0v) is 20.7. The van der Waals surface area contributed by atoms with Crippen molar-refractivity contribution in [3.8, 4) is 0 Å². The van der Waals surface area contributed by atoms with Crippen molar-refractivity contribution in [2.45, 2.75) is 72.6 Å². The highest BCUT2D eigenvalue weighted by Gasteiger charge is 2.52. The normalized spacial score (nSPS) is 40.2. The van der Waals surface area contributed by atoms with Crippen LogP contribution in [0.2, 0.25) is 0 Å². The summed E-state index contributed by atoms with van der Waals surface area (Å²) < 4.78 is 29.2. The van der Waals surface area contributed by atoms with Crippen LogP contribution >= 0.6 is 11.8 Å². The number of hydrogen-bond donors (Lipinski definition) is 5. The molecule has 0 aromatic heterocycles. The molecule has 0 aliphatic carbocycles. The molecule has 3 saturated heterocycles. The van der Waals surface area contributed by atoms with Crippen molar-refractivity contribution in [2.75, 3.05) is 13.2 Å². The lowest BCUT2D eigenvalue weighted by atomic mass is 9.96. The largest absolute Gasteiger partial charge is 0.394 e. The Bertz CT molecular complexity index is 980. The van der Waals surface area contributed by atoms with Gasteiger partial charge in [0, 0.05) is 11.3 Å². The fraction of sp³-hybridized carbons (Fsp3) is 0.538. The highest BCUT2D eigenvalue weighted by Crippen LogP contribution is 2.37. The Kier molecular flexibility index (Phi) is 8.79. The number of hydrogen-bond acceptors (Lipinski definition) is 11. The second-order valence-corrected chi connectivity index (χ2v) is 10.4. The third-order valence-corrected chi connectivity index (χ3v) is 7.99. The Morgan fingerprint density at radius 1 is 0.811 bits per heavy atom. The molecule has 0 amide bonds. The summed E-state index contributed by atoms with van der Waals surface area (Å²) >= 11 is 1.29. The van der Waals surface area contributed by atoms with Gasteiger partial charge >= 0.3 is 0 Å². The van der Waals surface area contributed by atoms with Crippen molar-refractivity contribution in [2.24, 2.45) is 0 Å². The van der Waals surface area contributed by atoms with Crippen molar-refractivity contribution < 1.29 is 49.2 Å². The van der Waals surface area contributed by atoms with Crippen LogP contribution in [0.5, 0.6) is 0 Å². The molecule has 0 radical (unpaired) electrons. The zero-order valence-electron chi connectivity index (χ0n) is 19.9. The van der Waals surface area contributed by atoms with Crippen LogP contribution in [-0.2, 0) is 29.4 Å². The first-order chi connectivity index (χ1) is 18.0. The maximum absolute atomic E-state index is 10.9.